The fourth-order valence-corrected chi connectivity index (χ4v) is 3.00. The Morgan fingerprint density at radius 1 is 0.742 bits per heavy atom. The summed E-state index contributed by atoms with van der Waals surface area (Å²) in [5.41, 5.74) is 8.94. The van der Waals surface area contributed by atoms with Crippen LogP contribution in [0.5, 0.6) is 0 Å². The lowest BCUT2D eigenvalue weighted by atomic mass is 10.2. The Hall–Kier alpha value is -3.68. The van der Waals surface area contributed by atoms with E-state index >= 15 is 0 Å². The van der Waals surface area contributed by atoms with Crippen molar-refractivity contribution >= 4 is 35.6 Å². The maximum Gasteiger partial charge on any atom is 0.244 e. The summed E-state index contributed by atoms with van der Waals surface area (Å²) in [7, 11) is 7.89. The van der Waals surface area contributed by atoms with Gasteiger partial charge in [0, 0.05) is 39.6 Å². The number of carbonyl (C=O) groups excluding carboxylic acids is 2. The molecule has 1 fully saturated rings. The van der Waals surface area contributed by atoms with Gasteiger partial charge in [0.05, 0.1) is 24.3 Å². The predicted octanol–water partition coefficient (Wildman–Crippen LogP) is 2.06. The van der Waals surface area contributed by atoms with Gasteiger partial charge < -0.3 is 9.80 Å². The fourth-order valence-electron chi connectivity index (χ4n) is 3.00. The first kappa shape index (κ1) is 22.0. The Bertz CT molecular complexity index is 885. The summed E-state index contributed by atoms with van der Waals surface area (Å²) in [4.78, 5) is 28.4. The fraction of sp³-hybridized carbons (Fsp3) is 0.304. The molecule has 1 aliphatic rings. The van der Waals surface area contributed by atoms with Crippen molar-refractivity contribution in [2.75, 3.05) is 38.0 Å². The molecule has 1 saturated carbocycles. The second kappa shape index (κ2) is 9.88. The lowest BCUT2D eigenvalue weighted by molar-refractivity contribution is -0.127. The molecule has 8 heteroatoms. The molecule has 0 radical (unpaired) electrons. The summed E-state index contributed by atoms with van der Waals surface area (Å²) in [6.07, 6.45) is 3.67. The van der Waals surface area contributed by atoms with Crippen LogP contribution >= 0.6 is 0 Å². The Labute approximate surface area is 182 Å². The van der Waals surface area contributed by atoms with Crippen LogP contribution < -0.4 is 20.7 Å². The van der Waals surface area contributed by atoms with Crippen LogP contribution in [0.1, 0.15) is 17.5 Å². The van der Waals surface area contributed by atoms with Gasteiger partial charge in [0.1, 0.15) is 0 Å². The summed E-state index contributed by atoms with van der Waals surface area (Å²) >= 11 is 0. The molecule has 2 amide bonds. The average molecular weight is 421 g/mol. The number of hydrogen-bond donors (Lipinski definition) is 2. The van der Waals surface area contributed by atoms with Gasteiger partial charge in [-0.1, -0.05) is 24.3 Å². The van der Waals surface area contributed by atoms with Gasteiger partial charge in [-0.3, -0.25) is 9.59 Å². The number of nitrogens with one attached hydrogen (secondary N) is 2. The molecule has 1 aliphatic carbocycles. The Morgan fingerprint density at radius 2 is 1.10 bits per heavy atom. The summed E-state index contributed by atoms with van der Waals surface area (Å²) in [6.45, 7) is 0. The van der Waals surface area contributed by atoms with Crippen LogP contribution in [0.4, 0.5) is 11.4 Å². The van der Waals surface area contributed by atoms with Crippen LogP contribution in [0.15, 0.2) is 58.7 Å². The van der Waals surface area contributed by atoms with Gasteiger partial charge in [-0.05, 0) is 41.8 Å². The van der Waals surface area contributed by atoms with E-state index in [9.17, 15) is 9.59 Å². The zero-order valence-corrected chi connectivity index (χ0v) is 18.2. The minimum Gasteiger partial charge on any atom is -0.378 e. The van der Waals surface area contributed by atoms with E-state index in [2.05, 4.69) is 21.1 Å². The van der Waals surface area contributed by atoms with Crippen molar-refractivity contribution in [1.82, 2.24) is 10.9 Å². The zero-order valence-electron chi connectivity index (χ0n) is 18.2. The number of nitrogens with zero attached hydrogens (tertiary/aromatic N) is 4. The van der Waals surface area contributed by atoms with Gasteiger partial charge in [0.15, 0.2) is 0 Å². The number of hydrazone groups is 2. The SMILES string of the molecule is CN(C)c1ccc(/C=N\NC(=O)C2CC2C(=O)N/N=C\c2ccc(N(C)C)cc2)cc1. The number of anilines is 2. The van der Waals surface area contributed by atoms with Gasteiger partial charge in [0.2, 0.25) is 11.8 Å². The van der Waals surface area contributed by atoms with Crippen molar-refractivity contribution < 1.29 is 9.59 Å². The molecule has 31 heavy (non-hydrogen) atoms. The summed E-state index contributed by atoms with van der Waals surface area (Å²) in [5, 5.41) is 7.98. The molecule has 162 valence electrons. The number of carbonyl (C=O) groups is 2. The predicted molar refractivity (Wildman–Crippen MR) is 125 cm³/mol. The van der Waals surface area contributed by atoms with E-state index in [-0.39, 0.29) is 23.7 Å². The van der Waals surface area contributed by atoms with Crippen molar-refractivity contribution in [2.45, 2.75) is 6.42 Å². The third-order valence-corrected chi connectivity index (χ3v) is 5.06. The molecule has 0 aliphatic heterocycles. The van der Waals surface area contributed by atoms with E-state index in [0.29, 0.717) is 6.42 Å². The molecule has 0 heterocycles. The molecule has 0 aromatic heterocycles. The van der Waals surface area contributed by atoms with E-state index in [1.54, 1.807) is 12.4 Å². The number of hydrogen-bond acceptors (Lipinski definition) is 6. The molecule has 0 bridgehead atoms. The van der Waals surface area contributed by atoms with E-state index in [1.165, 1.54) is 0 Å². The van der Waals surface area contributed by atoms with Crippen LogP contribution in [0.25, 0.3) is 0 Å². The second-order valence-electron chi connectivity index (χ2n) is 7.89. The van der Waals surface area contributed by atoms with Crippen molar-refractivity contribution in [2.24, 2.45) is 22.0 Å². The normalized spacial score (nSPS) is 17.5. The van der Waals surface area contributed by atoms with Gasteiger partial charge in [-0.2, -0.15) is 10.2 Å². The molecule has 2 N–H and O–H groups in total. The van der Waals surface area contributed by atoms with Crippen molar-refractivity contribution in [3.63, 3.8) is 0 Å². The molecular weight excluding hydrogens is 392 g/mol. The highest BCUT2D eigenvalue weighted by Crippen LogP contribution is 2.38. The van der Waals surface area contributed by atoms with Gasteiger partial charge in [-0.15, -0.1) is 0 Å². The smallest absolute Gasteiger partial charge is 0.244 e. The lowest BCUT2D eigenvalue weighted by Crippen LogP contribution is -2.25. The van der Waals surface area contributed by atoms with Crippen LogP contribution in [-0.4, -0.2) is 52.4 Å². The molecule has 0 spiro atoms. The van der Waals surface area contributed by atoms with Gasteiger partial charge in [0.25, 0.3) is 0 Å². The van der Waals surface area contributed by atoms with Crippen LogP contribution in [0.3, 0.4) is 0 Å². The minimum absolute atomic E-state index is 0.260. The summed E-state index contributed by atoms with van der Waals surface area (Å²) < 4.78 is 0. The molecule has 8 nitrogen and oxygen atoms in total. The van der Waals surface area contributed by atoms with Crippen molar-refractivity contribution in [3.8, 4) is 0 Å². The highest BCUT2D eigenvalue weighted by atomic mass is 16.2. The second-order valence-corrected chi connectivity index (χ2v) is 7.89. The molecule has 0 saturated heterocycles. The first-order valence-electron chi connectivity index (χ1n) is 10.1. The zero-order chi connectivity index (χ0) is 22.4. The standard InChI is InChI=1S/C23H28N6O2/c1-28(2)18-9-5-16(6-10-18)14-24-26-22(30)20-13-21(20)23(31)27-25-15-17-7-11-19(12-8-17)29(3)4/h5-12,14-15,20-21H,13H2,1-4H3,(H,26,30)(H,27,31)/b24-14-,25-15-. The quantitative estimate of drug-likeness (QED) is 0.505. The van der Waals surface area contributed by atoms with Gasteiger partial charge >= 0.3 is 0 Å². The van der Waals surface area contributed by atoms with E-state index < -0.39 is 0 Å². The van der Waals surface area contributed by atoms with Crippen molar-refractivity contribution in [1.29, 1.82) is 0 Å². The monoisotopic (exact) mass is 420 g/mol. The highest BCUT2D eigenvalue weighted by molar-refractivity contribution is 5.93. The largest absolute Gasteiger partial charge is 0.378 e. The molecule has 2 aromatic rings. The molecule has 3 rings (SSSR count). The van der Waals surface area contributed by atoms with Gasteiger partial charge in [-0.25, -0.2) is 10.9 Å². The topological polar surface area (TPSA) is 89.4 Å². The van der Waals surface area contributed by atoms with Crippen LogP contribution in [-0.2, 0) is 9.59 Å². The minimum atomic E-state index is -0.372. The summed E-state index contributed by atoms with van der Waals surface area (Å²) in [5.74, 6) is -1.26. The average Bonchev–Trinajstić information content (AvgIpc) is 3.55. The number of rotatable bonds is 8. The van der Waals surface area contributed by atoms with E-state index in [4.69, 9.17) is 0 Å². The Kier molecular flexibility index (Phi) is 7.02. The molecule has 2 aromatic carbocycles. The first-order chi connectivity index (χ1) is 14.8. The maximum absolute atomic E-state index is 12.2. The van der Waals surface area contributed by atoms with Crippen molar-refractivity contribution in [3.05, 3.63) is 59.7 Å². The van der Waals surface area contributed by atoms with Crippen LogP contribution in [0.2, 0.25) is 0 Å². The number of amides is 2. The third kappa shape index (κ3) is 6.15. The number of benzene rings is 2. The third-order valence-electron chi connectivity index (χ3n) is 5.06. The molecule has 2 atom stereocenters. The molecule has 2 unspecified atom stereocenters. The lowest BCUT2D eigenvalue weighted by Gasteiger charge is -2.11. The Morgan fingerprint density at radius 3 is 1.42 bits per heavy atom. The van der Waals surface area contributed by atoms with Crippen LogP contribution in [0, 0.1) is 11.8 Å². The maximum atomic E-state index is 12.2. The highest BCUT2D eigenvalue weighted by Gasteiger charge is 2.48. The van der Waals surface area contributed by atoms with E-state index in [1.807, 2.05) is 86.5 Å². The Balaban J connectivity index is 1.42. The first-order valence-corrected chi connectivity index (χ1v) is 10.1. The van der Waals surface area contributed by atoms with E-state index in [0.717, 1.165) is 22.5 Å². The molecular formula is C23H28N6O2. The summed E-state index contributed by atoms with van der Waals surface area (Å²) in [6, 6.07) is 15.6.